The third-order valence-electron chi connectivity index (χ3n) is 7.61. The number of fused-ring (bicyclic) bond motifs is 3. The summed E-state index contributed by atoms with van der Waals surface area (Å²) in [6.07, 6.45) is 1.19. The standard InChI is InChI=1S/C29H28N4O4/c1-2-9-32-10-12-33(13-11-32)22-17-21(30-18-7-8-23-24(16-18)36-15-14-35-23)25-26-27(22)31-37-29(26)20-6-4-3-5-19(20)28(25)34/h3-8,16-17,30H,2,9-15H2,1H3/p+1. The maximum Gasteiger partial charge on any atom is 0.196 e. The van der Waals surface area contributed by atoms with Crippen molar-refractivity contribution in [3.8, 4) is 22.8 Å². The van der Waals surface area contributed by atoms with Crippen LogP contribution < -0.4 is 24.6 Å². The van der Waals surface area contributed by atoms with Gasteiger partial charge in [-0.15, -0.1) is 0 Å². The molecule has 7 rings (SSSR count). The minimum Gasteiger partial charge on any atom is -0.486 e. The highest BCUT2D eigenvalue weighted by atomic mass is 16.6. The molecule has 0 spiro atoms. The van der Waals surface area contributed by atoms with Crippen LogP contribution in [0.15, 0.2) is 53.1 Å². The summed E-state index contributed by atoms with van der Waals surface area (Å²) in [5, 5.41) is 8.83. The minimum absolute atomic E-state index is 0.0277. The molecule has 188 valence electrons. The van der Waals surface area contributed by atoms with E-state index in [0.29, 0.717) is 35.9 Å². The summed E-state index contributed by atoms with van der Waals surface area (Å²) in [6.45, 7) is 8.51. The number of nitrogens with one attached hydrogen (secondary N) is 2. The second-order valence-corrected chi connectivity index (χ2v) is 9.90. The van der Waals surface area contributed by atoms with E-state index in [9.17, 15) is 4.79 Å². The largest absolute Gasteiger partial charge is 0.486 e. The first kappa shape index (κ1) is 22.2. The van der Waals surface area contributed by atoms with Gasteiger partial charge in [-0.1, -0.05) is 36.3 Å². The third kappa shape index (κ3) is 3.62. The van der Waals surface area contributed by atoms with Crippen molar-refractivity contribution in [2.45, 2.75) is 13.3 Å². The quantitative estimate of drug-likeness (QED) is 0.384. The van der Waals surface area contributed by atoms with Gasteiger partial charge in [-0.25, -0.2) is 0 Å². The van der Waals surface area contributed by atoms with Crippen molar-refractivity contribution in [2.75, 3.05) is 56.2 Å². The molecule has 4 aromatic rings. The Morgan fingerprint density at radius 3 is 2.59 bits per heavy atom. The van der Waals surface area contributed by atoms with E-state index in [-0.39, 0.29) is 5.78 Å². The van der Waals surface area contributed by atoms with Crippen LogP contribution in [0.5, 0.6) is 11.5 Å². The van der Waals surface area contributed by atoms with Gasteiger partial charge in [0.05, 0.1) is 55.0 Å². The van der Waals surface area contributed by atoms with Gasteiger partial charge in [0, 0.05) is 22.9 Å². The van der Waals surface area contributed by atoms with Crippen LogP contribution in [0.2, 0.25) is 0 Å². The first-order valence-electron chi connectivity index (χ1n) is 13.1. The fourth-order valence-corrected chi connectivity index (χ4v) is 5.83. The molecular weight excluding hydrogens is 468 g/mol. The molecule has 1 saturated heterocycles. The van der Waals surface area contributed by atoms with E-state index in [0.717, 1.165) is 65.5 Å². The number of hydrogen-bond donors (Lipinski definition) is 2. The van der Waals surface area contributed by atoms with Gasteiger partial charge < -0.3 is 29.1 Å². The second kappa shape index (κ2) is 8.81. The molecule has 0 radical (unpaired) electrons. The molecule has 3 aliphatic rings. The number of aromatic nitrogens is 1. The number of nitrogens with zero attached hydrogens (tertiary/aromatic N) is 2. The zero-order valence-corrected chi connectivity index (χ0v) is 20.8. The summed E-state index contributed by atoms with van der Waals surface area (Å²) >= 11 is 0. The van der Waals surface area contributed by atoms with Crippen LogP contribution in [0.3, 0.4) is 0 Å². The lowest BCUT2D eigenvalue weighted by Crippen LogP contribution is -3.14. The van der Waals surface area contributed by atoms with Gasteiger partial charge in [-0.2, -0.15) is 0 Å². The number of quaternary nitrogens is 1. The lowest BCUT2D eigenvalue weighted by Gasteiger charge is -2.34. The van der Waals surface area contributed by atoms with Gasteiger partial charge in [-0.3, -0.25) is 4.79 Å². The number of anilines is 3. The number of carbonyl (C=O) groups is 1. The number of piperazine rings is 1. The van der Waals surface area contributed by atoms with Crippen molar-refractivity contribution in [2.24, 2.45) is 0 Å². The predicted molar refractivity (Wildman–Crippen MR) is 142 cm³/mol. The number of rotatable bonds is 5. The Bertz CT molecular complexity index is 1520. The Balaban J connectivity index is 1.37. The number of hydrogen-bond acceptors (Lipinski definition) is 7. The van der Waals surface area contributed by atoms with Gasteiger partial charge in [-0.05, 0) is 24.6 Å². The number of benzene rings is 3. The van der Waals surface area contributed by atoms with Gasteiger partial charge in [0.25, 0.3) is 0 Å². The molecule has 1 aromatic heterocycles. The lowest BCUT2D eigenvalue weighted by molar-refractivity contribution is -0.900. The maximum absolute atomic E-state index is 13.9. The molecule has 0 amide bonds. The monoisotopic (exact) mass is 497 g/mol. The highest BCUT2D eigenvalue weighted by Crippen LogP contribution is 2.46. The van der Waals surface area contributed by atoms with E-state index >= 15 is 0 Å². The Hall–Kier alpha value is -4.04. The normalized spacial score (nSPS) is 16.7. The summed E-state index contributed by atoms with van der Waals surface area (Å²) in [6, 6.07) is 15.4. The number of ketones is 1. The van der Waals surface area contributed by atoms with Crippen LogP contribution in [0.25, 0.3) is 22.2 Å². The molecule has 2 aliphatic heterocycles. The zero-order chi connectivity index (χ0) is 24.9. The van der Waals surface area contributed by atoms with E-state index in [4.69, 9.17) is 14.0 Å². The van der Waals surface area contributed by atoms with Gasteiger partial charge in [0.15, 0.2) is 23.0 Å². The summed E-state index contributed by atoms with van der Waals surface area (Å²) in [7, 11) is 0. The highest BCUT2D eigenvalue weighted by Gasteiger charge is 2.34. The zero-order valence-electron chi connectivity index (χ0n) is 20.8. The summed E-state index contributed by atoms with van der Waals surface area (Å²) in [5.41, 5.74) is 5.33. The molecule has 0 saturated carbocycles. The molecule has 2 N–H and O–H groups in total. The average Bonchev–Trinajstić information content (AvgIpc) is 3.38. The van der Waals surface area contributed by atoms with Crippen molar-refractivity contribution >= 4 is 33.7 Å². The van der Waals surface area contributed by atoms with Crippen LogP contribution in [0.4, 0.5) is 17.1 Å². The molecule has 3 aromatic carbocycles. The number of ether oxygens (including phenoxy) is 2. The molecule has 1 fully saturated rings. The Morgan fingerprint density at radius 1 is 1.00 bits per heavy atom. The van der Waals surface area contributed by atoms with Crippen LogP contribution >= 0.6 is 0 Å². The lowest BCUT2D eigenvalue weighted by atomic mass is 9.86. The SMILES string of the molecule is CCC[NH+]1CCN(c2cc(Nc3ccc4c(c3)OCCO4)c3c4c(onc24)-c2ccccc2C3=O)CC1. The van der Waals surface area contributed by atoms with Gasteiger partial charge >= 0.3 is 0 Å². The third-order valence-corrected chi connectivity index (χ3v) is 7.61. The molecule has 8 nitrogen and oxygen atoms in total. The molecule has 0 unspecified atom stereocenters. The van der Waals surface area contributed by atoms with Gasteiger partial charge in [0.1, 0.15) is 18.7 Å². The van der Waals surface area contributed by atoms with Crippen molar-refractivity contribution in [3.05, 3.63) is 59.7 Å². The first-order valence-corrected chi connectivity index (χ1v) is 13.1. The summed E-state index contributed by atoms with van der Waals surface area (Å²) in [4.78, 5) is 17.9. The molecule has 0 bridgehead atoms. The van der Waals surface area contributed by atoms with Crippen LogP contribution in [-0.4, -0.2) is 56.9 Å². The van der Waals surface area contributed by atoms with E-state index < -0.39 is 0 Å². The highest BCUT2D eigenvalue weighted by molar-refractivity contribution is 6.28. The second-order valence-electron chi connectivity index (χ2n) is 9.90. The van der Waals surface area contributed by atoms with Crippen LogP contribution in [0, 0.1) is 0 Å². The molecule has 0 atom stereocenters. The van der Waals surface area contributed by atoms with E-state index in [1.54, 1.807) is 4.90 Å². The predicted octanol–water partition coefficient (Wildman–Crippen LogP) is 3.67. The molecule has 3 heterocycles. The molecule has 1 aliphatic carbocycles. The Morgan fingerprint density at radius 2 is 1.78 bits per heavy atom. The minimum atomic E-state index is -0.0277. The number of carbonyl (C=O) groups excluding carboxylic acids is 1. The summed E-state index contributed by atoms with van der Waals surface area (Å²) in [5.74, 6) is 2.05. The van der Waals surface area contributed by atoms with Gasteiger partial charge in [0.2, 0.25) is 0 Å². The smallest absolute Gasteiger partial charge is 0.196 e. The van der Waals surface area contributed by atoms with Crippen molar-refractivity contribution in [3.63, 3.8) is 0 Å². The summed E-state index contributed by atoms with van der Waals surface area (Å²) < 4.78 is 17.4. The molecule has 37 heavy (non-hydrogen) atoms. The van der Waals surface area contributed by atoms with E-state index in [1.165, 1.54) is 13.0 Å². The van der Waals surface area contributed by atoms with E-state index in [1.807, 2.05) is 42.5 Å². The molecular formula is C29H29N4O4+. The fraction of sp³-hybridized carbons (Fsp3) is 0.310. The van der Waals surface area contributed by atoms with Crippen molar-refractivity contribution < 1.29 is 23.7 Å². The van der Waals surface area contributed by atoms with E-state index in [2.05, 4.69) is 28.4 Å². The average molecular weight is 498 g/mol. The van der Waals surface area contributed by atoms with Crippen LogP contribution in [0.1, 0.15) is 29.3 Å². The molecule has 8 heteroatoms. The first-order chi connectivity index (χ1) is 18.2. The van der Waals surface area contributed by atoms with Crippen molar-refractivity contribution in [1.82, 2.24) is 5.16 Å². The maximum atomic E-state index is 13.9. The topological polar surface area (TPSA) is 81.3 Å². The fourth-order valence-electron chi connectivity index (χ4n) is 5.83. The Kier molecular flexibility index (Phi) is 5.28. The Labute approximate surface area is 214 Å². The van der Waals surface area contributed by atoms with Crippen molar-refractivity contribution in [1.29, 1.82) is 0 Å². The van der Waals surface area contributed by atoms with Crippen LogP contribution in [-0.2, 0) is 0 Å².